The van der Waals surface area contributed by atoms with Crippen molar-refractivity contribution in [3.05, 3.63) is 58.7 Å². The first-order chi connectivity index (χ1) is 10.1. The molecular formula is C16H14ClN3O. The number of halogens is 1. The molecule has 2 N–H and O–H groups in total. The van der Waals surface area contributed by atoms with Crippen molar-refractivity contribution in [2.75, 3.05) is 5.73 Å². The van der Waals surface area contributed by atoms with Crippen molar-refractivity contribution in [1.29, 1.82) is 0 Å². The lowest BCUT2D eigenvalue weighted by molar-refractivity contribution is 0.0992. The molecule has 2 aromatic carbocycles. The number of fused-ring (bicyclic) bond motifs is 1. The Morgan fingerprint density at radius 1 is 1.29 bits per heavy atom. The number of benzene rings is 2. The van der Waals surface area contributed by atoms with Crippen molar-refractivity contribution < 1.29 is 4.79 Å². The number of ketones is 1. The van der Waals surface area contributed by atoms with Crippen molar-refractivity contribution in [1.82, 2.24) is 9.78 Å². The summed E-state index contributed by atoms with van der Waals surface area (Å²) in [6.45, 7) is 0. The van der Waals surface area contributed by atoms with E-state index in [1.807, 2.05) is 31.3 Å². The monoisotopic (exact) mass is 299 g/mol. The van der Waals surface area contributed by atoms with Gasteiger partial charge >= 0.3 is 0 Å². The van der Waals surface area contributed by atoms with Crippen LogP contribution < -0.4 is 5.73 Å². The van der Waals surface area contributed by atoms with Crippen LogP contribution in [0.3, 0.4) is 0 Å². The highest BCUT2D eigenvalue weighted by molar-refractivity contribution is 6.33. The van der Waals surface area contributed by atoms with E-state index < -0.39 is 0 Å². The van der Waals surface area contributed by atoms with Crippen LogP contribution in [-0.4, -0.2) is 15.6 Å². The first kappa shape index (κ1) is 13.6. The van der Waals surface area contributed by atoms with Crippen molar-refractivity contribution in [2.45, 2.75) is 6.42 Å². The maximum Gasteiger partial charge on any atom is 0.168 e. The fraction of sp³-hybridized carbons (Fsp3) is 0.125. The maximum absolute atomic E-state index is 12.4. The summed E-state index contributed by atoms with van der Waals surface area (Å²) in [6.07, 6.45) is 0.239. The predicted octanol–water partition coefficient (Wildman–Crippen LogP) is 3.23. The van der Waals surface area contributed by atoms with Crippen LogP contribution in [0.5, 0.6) is 0 Å². The van der Waals surface area contributed by atoms with Gasteiger partial charge in [0, 0.05) is 18.0 Å². The van der Waals surface area contributed by atoms with Gasteiger partial charge < -0.3 is 5.73 Å². The molecule has 3 rings (SSSR count). The van der Waals surface area contributed by atoms with Crippen LogP contribution in [0, 0.1) is 0 Å². The minimum absolute atomic E-state index is 0.0257. The lowest BCUT2D eigenvalue weighted by Gasteiger charge is -2.02. The van der Waals surface area contributed by atoms with Gasteiger partial charge in [0.05, 0.1) is 28.3 Å². The maximum atomic E-state index is 12.4. The Bertz CT molecular complexity index is 839. The summed E-state index contributed by atoms with van der Waals surface area (Å²) < 4.78 is 1.79. The van der Waals surface area contributed by atoms with Crippen LogP contribution in [0.1, 0.15) is 16.1 Å². The van der Waals surface area contributed by atoms with E-state index in [9.17, 15) is 4.79 Å². The number of para-hydroxylation sites is 1. The van der Waals surface area contributed by atoms with Gasteiger partial charge in [0.25, 0.3) is 0 Å². The van der Waals surface area contributed by atoms with Gasteiger partial charge in [0.15, 0.2) is 5.78 Å². The molecule has 0 saturated heterocycles. The Balaban J connectivity index is 1.94. The Morgan fingerprint density at radius 3 is 2.81 bits per heavy atom. The van der Waals surface area contributed by atoms with E-state index >= 15 is 0 Å². The Kier molecular flexibility index (Phi) is 3.39. The van der Waals surface area contributed by atoms with Gasteiger partial charge in [0.1, 0.15) is 0 Å². The molecule has 1 heterocycles. The normalized spacial score (nSPS) is 11.0. The zero-order valence-corrected chi connectivity index (χ0v) is 12.3. The molecule has 21 heavy (non-hydrogen) atoms. The number of aromatic nitrogens is 2. The summed E-state index contributed by atoms with van der Waals surface area (Å²) >= 11 is 5.87. The third-order valence-corrected chi connectivity index (χ3v) is 3.82. The molecule has 0 atom stereocenters. The average Bonchev–Trinajstić information content (AvgIpc) is 2.79. The van der Waals surface area contributed by atoms with E-state index in [0.29, 0.717) is 16.3 Å². The zero-order valence-electron chi connectivity index (χ0n) is 11.5. The summed E-state index contributed by atoms with van der Waals surface area (Å²) in [5, 5.41) is 5.88. The number of nitrogens with two attached hydrogens (primary N) is 1. The highest BCUT2D eigenvalue weighted by atomic mass is 35.5. The molecule has 5 heteroatoms. The van der Waals surface area contributed by atoms with Gasteiger partial charge in [-0.05, 0) is 24.3 Å². The van der Waals surface area contributed by atoms with E-state index in [0.717, 1.165) is 16.6 Å². The van der Waals surface area contributed by atoms with E-state index in [4.69, 9.17) is 17.3 Å². The molecule has 0 spiro atoms. The topological polar surface area (TPSA) is 60.9 Å². The third kappa shape index (κ3) is 2.50. The molecule has 0 bridgehead atoms. The zero-order chi connectivity index (χ0) is 15.0. The van der Waals surface area contributed by atoms with Crippen molar-refractivity contribution in [3.63, 3.8) is 0 Å². The Morgan fingerprint density at radius 2 is 2.05 bits per heavy atom. The standard InChI is InChI=1S/C16H14ClN3O/c1-20-15-5-3-2-4-11(15)14(19-20)9-16(21)10-6-7-12(17)13(18)8-10/h2-8H,9,18H2,1H3. The molecule has 0 aliphatic heterocycles. The molecule has 0 fully saturated rings. The van der Waals surface area contributed by atoms with E-state index in [1.54, 1.807) is 22.9 Å². The number of nitrogens with zero attached hydrogens (tertiary/aromatic N) is 2. The van der Waals surface area contributed by atoms with Gasteiger partial charge in [0.2, 0.25) is 0 Å². The second kappa shape index (κ2) is 5.22. The summed E-state index contributed by atoms with van der Waals surface area (Å²) in [7, 11) is 1.87. The van der Waals surface area contributed by atoms with Gasteiger partial charge in [-0.3, -0.25) is 9.48 Å². The summed E-state index contributed by atoms with van der Waals surface area (Å²) in [6, 6.07) is 12.8. The number of anilines is 1. The lowest BCUT2D eigenvalue weighted by atomic mass is 10.0. The summed E-state index contributed by atoms with van der Waals surface area (Å²) in [4.78, 5) is 12.4. The van der Waals surface area contributed by atoms with Crippen molar-refractivity contribution in [2.24, 2.45) is 7.05 Å². The van der Waals surface area contributed by atoms with E-state index in [1.165, 1.54) is 0 Å². The van der Waals surface area contributed by atoms with Gasteiger partial charge in [-0.25, -0.2) is 0 Å². The third-order valence-electron chi connectivity index (χ3n) is 3.48. The van der Waals surface area contributed by atoms with Gasteiger partial charge in [-0.15, -0.1) is 0 Å². The number of carbonyl (C=O) groups excluding carboxylic acids is 1. The number of rotatable bonds is 3. The Hall–Kier alpha value is -2.33. The molecule has 0 aliphatic carbocycles. The molecule has 106 valence electrons. The number of hydrogen-bond acceptors (Lipinski definition) is 3. The summed E-state index contributed by atoms with van der Waals surface area (Å²) in [5.41, 5.74) is 8.48. The van der Waals surface area contributed by atoms with Gasteiger partial charge in [-0.2, -0.15) is 5.10 Å². The van der Waals surface area contributed by atoms with Crippen LogP contribution in [0.25, 0.3) is 10.9 Å². The van der Waals surface area contributed by atoms with Gasteiger partial charge in [-0.1, -0.05) is 29.8 Å². The number of Topliss-reactive ketones (excluding diaryl/α,β-unsaturated/α-hetero) is 1. The van der Waals surface area contributed by atoms with E-state index in [2.05, 4.69) is 5.10 Å². The van der Waals surface area contributed by atoms with Crippen LogP contribution >= 0.6 is 11.6 Å². The molecule has 0 saturated carbocycles. The Labute approximate surface area is 127 Å². The molecule has 1 aromatic heterocycles. The highest BCUT2D eigenvalue weighted by Gasteiger charge is 2.14. The molecule has 0 amide bonds. The van der Waals surface area contributed by atoms with Crippen LogP contribution in [0.2, 0.25) is 5.02 Å². The summed E-state index contributed by atoms with van der Waals surface area (Å²) in [5.74, 6) is -0.0257. The first-order valence-electron chi connectivity index (χ1n) is 6.55. The van der Waals surface area contributed by atoms with Crippen molar-refractivity contribution in [3.8, 4) is 0 Å². The number of aryl methyl sites for hydroxylation is 1. The fourth-order valence-corrected chi connectivity index (χ4v) is 2.51. The molecule has 0 aliphatic rings. The van der Waals surface area contributed by atoms with Crippen LogP contribution in [-0.2, 0) is 13.5 Å². The molecule has 0 radical (unpaired) electrons. The second-order valence-corrected chi connectivity index (χ2v) is 5.33. The van der Waals surface area contributed by atoms with Crippen LogP contribution in [0.15, 0.2) is 42.5 Å². The first-order valence-corrected chi connectivity index (χ1v) is 6.93. The molecule has 0 unspecified atom stereocenters. The largest absolute Gasteiger partial charge is 0.398 e. The minimum atomic E-state index is -0.0257. The minimum Gasteiger partial charge on any atom is -0.398 e. The number of hydrogen-bond donors (Lipinski definition) is 1. The fourth-order valence-electron chi connectivity index (χ4n) is 2.39. The predicted molar refractivity (Wildman–Crippen MR) is 84.6 cm³/mol. The quantitative estimate of drug-likeness (QED) is 0.596. The number of carbonyl (C=O) groups is 1. The second-order valence-electron chi connectivity index (χ2n) is 4.92. The molecular weight excluding hydrogens is 286 g/mol. The van der Waals surface area contributed by atoms with Crippen molar-refractivity contribution >= 4 is 34.0 Å². The SMILES string of the molecule is Cn1nc(CC(=O)c2ccc(Cl)c(N)c2)c2ccccc21. The molecule has 3 aromatic rings. The van der Waals surface area contributed by atoms with Crippen LogP contribution in [0.4, 0.5) is 5.69 Å². The molecule has 4 nitrogen and oxygen atoms in total. The average molecular weight is 300 g/mol. The lowest BCUT2D eigenvalue weighted by Crippen LogP contribution is -2.05. The number of nitrogen functional groups attached to an aromatic ring is 1. The highest BCUT2D eigenvalue weighted by Crippen LogP contribution is 2.22. The smallest absolute Gasteiger partial charge is 0.168 e. The van der Waals surface area contributed by atoms with E-state index in [-0.39, 0.29) is 12.2 Å².